The molecule has 0 bridgehead atoms. The lowest BCUT2D eigenvalue weighted by molar-refractivity contribution is 0.0999. The van der Waals surface area contributed by atoms with Gasteiger partial charge in [0.2, 0.25) is 0 Å². The molecule has 4 nitrogen and oxygen atoms in total. The van der Waals surface area contributed by atoms with Gasteiger partial charge in [0.05, 0.1) is 11.3 Å². The normalized spacial score (nSPS) is 15.7. The molecule has 0 unspecified atom stereocenters. The molecule has 2 aromatic carbocycles. The molecule has 26 heavy (non-hydrogen) atoms. The van der Waals surface area contributed by atoms with E-state index in [0.29, 0.717) is 0 Å². The van der Waals surface area contributed by atoms with Crippen LogP contribution >= 0.6 is 0 Å². The number of carbonyl (C=O) groups is 1. The molecule has 4 rings (SSSR count). The monoisotopic (exact) mass is 349 g/mol. The first-order chi connectivity index (χ1) is 12.7. The Hall–Kier alpha value is -2.33. The number of hydrogen-bond acceptors (Lipinski definition) is 3. The molecule has 1 aliphatic heterocycles. The van der Waals surface area contributed by atoms with Gasteiger partial charge in [-0.05, 0) is 46.7 Å². The maximum absolute atomic E-state index is 12.5. The molecular weight excluding hydrogens is 322 g/mol. The largest absolute Gasteiger partial charge is 0.368 e. The molecule has 0 atom stereocenters. The van der Waals surface area contributed by atoms with Gasteiger partial charge in [-0.1, -0.05) is 37.6 Å². The number of carbonyl (C=O) groups excluding carboxylic acids is 1. The highest BCUT2D eigenvalue weighted by atomic mass is 16.1. The van der Waals surface area contributed by atoms with E-state index in [1.54, 1.807) is 0 Å². The van der Waals surface area contributed by atoms with Crippen LogP contribution in [0.1, 0.15) is 46.8 Å². The molecule has 0 radical (unpaired) electrons. The summed E-state index contributed by atoms with van der Waals surface area (Å²) in [6.07, 6.45) is 3.97. The molecule has 2 aromatic rings. The second-order valence-corrected chi connectivity index (χ2v) is 7.32. The third-order valence-corrected chi connectivity index (χ3v) is 5.64. The molecule has 1 fully saturated rings. The molecular formula is C22H27N3O. The van der Waals surface area contributed by atoms with Gasteiger partial charge in [-0.15, -0.1) is 0 Å². The second kappa shape index (κ2) is 7.12. The summed E-state index contributed by atoms with van der Waals surface area (Å²) in [5.74, 6) is -0.289. The molecule has 3 N–H and O–H groups in total. The number of nitrogens with two attached hydrogens (primary N) is 1. The van der Waals surface area contributed by atoms with Crippen molar-refractivity contribution >= 4 is 11.6 Å². The maximum Gasteiger partial charge on any atom is 0.251 e. The molecule has 4 heteroatoms. The second-order valence-electron chi connectivity index (χ2n) is 7.32. The van der Waals surface area contributed by atoms with Crippen molar-refractivity contribution in [2.75, 3.05) is 31.1 Å². The minimum Gasteiger partial charge on any atom is -0.368 e. The number of unbranched alkanes of at least 4 members (excludes halogenated alkanes) is 1. The highest BCUT2D eigenvalue weighted by Crippen LogP contribution is 2.44. The van der Waals surface area contributed by atoms with Gasteiger partial charge in [0, 0.05) is 32.6 Å². The average Bonchev–Trinajstić information content (AvgIpc) is 3.04. The number of piperazine rings is 1. The van der Waals surface area contributed by atoms with Gasteiger partial charge in [0.1, 0.15) is 0 Å². The quantitative estimate of drug-likeness (QED) is 0.744. The predicted octanol–water partition coefficient (Wildman–Crippen LogP) is 3.11. The van der Waals surface area contributed by atoms with Gasteiger partial charge in [-0.25, -0.2) is 0 Å². The van der Waals surface area contributed by atoms with E-state index in [-0.39, 0.29) is 5.91 Å². The third-order valence-electron chi connectivity index (χ3n) is 5.64. The molecule has 136 valence electrons. The number of benzene rings is 2. The SMILES string of the molecule is CCCCc1cc2c(c(N3CCNCC3)c1C(N)=O)Cc1ccccc1-2. The van der Waals surface area contributed by atoms with E-state index in [0.717, 1.165) is 68.7 Å². The number of nitrogens with one attached hydrogen (secondary N) is 1. The van der Waals surface area contributed by atoms with E-state index in [2.05, 4.69) is 47.5 Å². The highest BCUT2D eigenvalue weighted by molar-refractivity contribution is 6.03. The number of aryl methyl sites for hydroxylation is 1. The number of fused-ring (bicyclic) bond motifs is 3. The smallest absolute Gasteiger partial charge is 0.251 e. The van der Waals surface area contributed by atoms with Gasteiger partial charge < -0.3 is 16.0 Å². The van der Waals surface area contributed by atoms with Crippen LogP contribution in [0.5, 0.6) is 0 Å². The van der Waals surface area contributed by atoms with Gasteiger partial charge >= 0.3 is 0 Å². The Morgan fingerprint density at radius 2 is 1.96 bits per heavy atom. The van der Waals surface area contributed by atoms with Crippen LogP contribution in [0, 0.1) is 0 Å². The molecule has 1 saturated heterocycles. The number of primary amides is 1. The lowest BCUT2D eigenvalue weighted by Crippen LogP contribution is -2.44. The van der Waals surface area contributed by atoms with E-state index in [4.69, 9.17) is 5.73 Å². The number of anilines is 1. The topological polar surface area (TPSA) is 58.4 Å². The fourth-order valence-electron chi connectivity index (χ4n) is 4.39. The van der Waals surface area contributed by atoms with Crippen molar-refractivity contribution in [2.24, 2.45) is 5.73 Å². The van der Waals surface area contributed by atoms with Gasteiger partial charge in [0.15, 0.2) is 0 Å². The Balaban J connectivity index is 1.93. The Morgan fingerprint density at radius 1 is 1.19 bits per heavy atom. The van der Waals surface area contributed by atoms with Crippen LogP contribution in [-0.2, 0) is 12.8 Å². The molecule has 2 aliphatic rings. The van der Waals surface area contributed by atoms with Crippen LogP contribution in [0.4, 0.5) is 5.69 Å². The summed E-state index contributed by atoms with van der Waals surface area (Å²) in [4.78, 5) is 14.9. The van der Waals surface area contributed by atoms with Crippen molar-refractivity contribution in [3.05, 3.63) is 52.6 Å². The minimum atomic E-state index is -0.289. The zero-order valence-electron chi connectivity index (χ0n) is 15.5. The molecule has 0 aromatic heterocycles. The summed E-state index contributed by atoms with van der Waals surface area (Å²) < 4.78 is 0. The molecule has 1 heterocycles. The Bertz CT molecular complexity index is 838. The van der Waals surface area contributed by atoms with E-state index in [1.165, 1.54) is 22.3 Å². The van der Waals surface area contributed by atoms with Crippen LogP contribution in [0.3, 0.4) is 0 Å². The van der Waals surface area contributed by atoms with E-state index >= 15 is 0 Å². The van der Waals surface area contributed by atoms with Gasteiger partial charge in [-0.3, -0.25) is 4.79 Å². The lowest BCUT2D eigenvalue weighted by Gasteiger charge is -2.33. The standard InChI is InChI=1S/C22H27N3O/c1-2-3-6-16-14-18-17-8-5-4-7-15(17)13-19(18)21(20(16)22(23)26)25-11-9-24-10-12-25/h4-5,7-8,14,24H,2-3,6,9-13H2,1H3,(H2,23,26). The van der Waals surface area contributed by atoms with Crippen LogP contribution in [0.2, 0.25) is 0 Å². The zero-order valence-corrected chi connectivity index (χ0v) is 15.5. The summed E-state index contributed by atoms with van der Waals surface area (Å²) in [5.41, 5.74) is 14.1. The highest BCUT2D eigenvalue weighted by Gasteiger charge is 2.30. The summed E-state index contributed by atoms with van der Waals surface area (Å²) in [7, 11) is 0. The third kappa shape index (κ3) is 2.88. The Labute approximate surface area is 155 Å². The fourth-order valence-corrected chi connectivity index (χ4v) is 4.39. The summed E-state index contributed by atoms with van der Waals surface area (Å²) >= 11 is 0. The molecule has 0 saturated carbocycles. The first kappa shape index (κ1) is 17.1. The zero-order chi connectivity index (χ0) is 18.1. The van der Waals surface area contributed by atoms with E-state index in [9.17, 15) is 4.79 Å². The molecule has 1 amide bonds. The average molecular weight is 349 g/mol. The van der Waals surface area contributed by atoms with E-state index < -0.39 is 0 Å². The molecule has 1 aliphatic carbocycles. The minimum absolute atomic E-state index is 0.289. The van der Waals surface area contributed by atoms with Crippen LogP contribution in [-0.4, -0.2) is 32.1 Å². The first-order valence-corrected chi connectivity index (χ1v) is 9.73. The van der Waals surface area contributed by atoms with E-state index in [1.807, 2.05) is 0 Å². The van der Waals surface area contributed by atoms with Crippen molar-refractivity contribution in [1.29, 1.82) is 0 Å². The molecule has 0 spiro atoms. The number of rotatable bonds is 5. The van der Waals surface area contributed by atoms with Gasteiger partial charge in [0.25, 0.3) is 5.91 Å². The van der Waals surface area contributed by atoms with Crippen molar-refractivity contribution in [2.45, 2.75) is 32.6 Å². The van der Waals surface area contributed by atoms with Crippen molar-refractivity contribution in [3.63, 3.8) is 0 Å². The maximum atomic E-state index is 12.5. The van der Waals surface area contributed by atoms with Crippen LogP contribution in [0.25, 0.3) is 11.1 Å². The van der Waals surface area contributed by atoms with Crippen LogP contribution in [0.15, 0.2) is 30.3 Å². The van der Waals surface area contributed by atoms with Crippen LogP contribution < -0.4 is 16.0 Å². The number of nitrogens with zero attached hydrogens (tertiary/aromatic N) is 1. The number of hydrogen-bond donors (Lipinski definition) is 2. The predicted molar refractivity (Wildman–Crippen MR) is 107 cm³/mol. The number of amides is 1. The Morgan fingerprint density at radius 3 is 2.69 bits per heavy atom. The summed E-state index contributed by atoms with van der Waals surface area (Å²) in [6, 6.07) is 10.8. The van der Waals surface area contributed by atoms with Gasteiger partial charge in [-0.2, -0.15) is 0 Å². The Kier molecular flexibility index (Phi) is 4.68. The first-order valence-electron chi connectivity index (χ1n) is 9.73. The fraction of sp³-hybridized carbons (Fsp3) is 0.409. The van der Waals surface area contributed by atoms with Crippen molar-refractivity contribution in [1.82, 2.24) is 5.32 Å². The van der Waals surface area contributed by atoms with Crippen molar-refractivity contribution in [3.8, 4) is 11.1 Å². The summed E-state index contributed by atoms with van der Waals surface area (Å²) in [5, 5.41) is 3.41. The lowest BCUT2D eigenvalue weighted by atomic mass is 9.91. The van der Waals surface area contributed by atoms with Crippen molar-refractivity contribution < 1.29 is 4.79 Å². The summed E-state index contributed by atoms with van der Waals surface area (Å²) in [6.45, 7) is 5.91.